The fraction of sp³-hybridized carbons (Fsp3) is 0. The molecule has 0 saturated carbocycles. The van der Waals surface area contributed by atoms with Crippen molar-refractivity contribution < 1.29 is 4.42 Å². The highest BCUT2D eigenvalue weighted by Crippen LogP contribution is 2.44. The van der Waals surface area contributed by atoms with Crippen LogP contribution in [0.15, 0.2) is 192 Å². The van der Waals surface area contributed by atoms with Gasteiger partial charge >= 0.3 is 0 Å². The van der Waals surface area contributed by atoms with E-state index in [4.69, 9.17) is 4.42 Å². The molecule has 0 bridgehead atoms. The van der Waals surface area contributed by atoms with Crippen molar-refractivity contribution in [1.82, 2.24) is 0 Å². The molecule has 0 saturated heterocycles. The van der Waals surface area contributed by atoms with Crippen LogP contribution in [0.4, 0.5) is 17.1 Å². The minimum atomic E-state index is 0.898. The van der Waals surface area contributed by atoms with E-state index in [0.717, 1.165) is 50.1 Å². The lowest BCUT2D eigenvalue weighted by Crippen LogP contribution is -2.11. The van der Waals surface area contributed by atoms with Crippen LogP contribution in [0.2, 0.25) is 0 Å². The van der Waals surface area contributed by atoms with Crippen molar-refractivity contribution in [2.45, 2.75) is 0 Å². The Morgan fingerprint density at radius 3 is 1.85 bits per heavy atom. The van der Waals surface area contributed by atoms with E-state index in [1.165, 1.54) is 33.0 Å². The minimum absolute atomic E-state index is 0.898. The standard InChI is InChI=1S/C46H31NO/c1-2-13-33(14-3-1)40-20-6-8-24-43(40)47(36-29-27-34(28-30-36)39-22-11-16-32-15-4-5-19-38(32)39)37-18-10-17-35(31-37)41-23-12-26-45-46(41)42-21-7-9-25-44(42)48-45/h1-31H. The topological polar surface area (TPSA) is 16.4 Å². The van der Waals surface area contributed by atoms with Crippen LogP contribution in [-0.2, 0) is 0 Å². The summed E-state index contributed by atoms with van der Waals surface area (Å²) in [4.78, 5) is 2.38. The summed E-state index contributed by atoms with van der Waals surface area (Å²) >= 11 is 0. The summed E-state index contributed by atoms with van der Waals surface area (Å²) in [6, 6.07) is 66.9. The van der Waals surface area contributed by atoms with Gasteiger partial charge in [-0.1, -0.05) is 146 Å². The zero-order chi connectivity index (χ0) is 31.9. The molecule has 0 spiro atoms. The van der Waals surface area contributed by atoms with Gasteiger partial charge in [0.1, 0.15) is 11.2 Å². The first-order valence-corrected chi connectivity index (χ1v) is 16.4. The van der Waals surface area contributed by atoms with Crippen molar-refractivity contribution in [1.29, 1.82) is 0 Å². The summed E-state index contributed by atoms with van der Waals surface area (Å²) in [6.45, 7) is 0. The van der Waals surface area contributed by atoms with Crippen LogP contribution in [0.25, 0.3) is 66.1 Å². The van der Waals surface area contributed by atoms with Crippen LogP contribution >= 0.6 is 0 Å². The number of hydrogen-bond acceptors (Lipinski definition) is 2. The molecule has 1 heterocycles. The average Bonchev–Trinajstić information content (AvgIpc) is 3.55. The second-order valence-corrected chi connectivity index (χ2v) is 12.1. The third kappa shape index (κ3) is 4.83. The average molecular weight is 614 g/mol. The molecule has 48 heavy (non-hydrogen) atoms. The molecular weight excluding hydrogens is 583 g/mol. The molecule has 0 aliphatic carbocycles. The van der Waals surface area contributed by atoms with Crippen molar-refractivity contribution in [2.24, 2.45) is 0 Å². The maximum atomic E-state index is 6.26. The maximum Gasteiger partial charge on any atom is 0.136 e. The predicted molar refractivity (Wildman–Crippen MR) is 202 cm³/mol. The van der Waals surface area contributed by atoms with Gasteiger partial charge in [-0.2, -0.15) is 0 Å². The van der Waals surface area contributed by atoms with E-state index in [0.29, 0.717) is 0 Å². The highest BCUT2D eigenvalue weighted by atomic mass is 16.3. The molecule has 9 aromatic rings. The summed E-state index contributed by atoms with van der Waals surface area (Å²) < 4.78 is 6.26. The molecule has 0 fully saturated rings. The summed E-state index contributed by atoms with van der Waals surface area (Å²) in [5, 5.41) is 4.77. The maximum absolute atomic E-state index is 6.26. The number of nitrogens with zero attached hydrogens (tertiary/aromatic N) is 1. The molecule has 0 atom stereocenters. The van der Waals surface area contributed by atoms with E-state index in [1.54, 1.807) is 0 Å². The van der Waals surface area contributed by atoms with Crippen LogP contribution in [0, 0.1) is 0 Å². The van der Waals surface area contributed by atoms with Gasteiger partial charge in [0.25, 0.3) is 0 Å². The van der Waals surface area contributed by atoms with Crippen molar-refractivity contribution in [3.05, 3.63) is 188 Å². The number of hydrogen-bond donors (Lipinski definition) is 0. The lowest BCUT2D eigenvalue weighted by atomic mass is 9.97. The Morgan fingerprint density at radius 1 is 0.354 bits per heavy atom. The van der Waals surface area contributed by atoms with E-state index in [9.17, 15) is 0 Å². The fourth-order valence-electron chi connectivity index (χ4n) is 7.05. The number of furan rings is 1. The Labute approximate surface area is 279 Å². The van der Waals surface area contributed by atoms with Gasteiger partial charge in [0.05, 0.1) is 5.69 Å². The van der Waals surface area contributed by atoms with Gasteiger partial charge in [0.15, 0.2) is 0 Å². The molecule has 0 unspecified atom stereocenters. The Hall–Kier alpha value is -6.38. The Balaban J connectivity index is 1.22. The molecule has 1 aromatic heterocycles. The first-order valence-electron chi connectivity index (χ1n) is 16.4. The third-order valence-electron chi connectivity index (χ3n) is 9.27. The van der Waals surface area contributed by atoms with Crippen LogP contribution in [0.3, 0.4) is 0 Å². The number of anilines is 3. The number of benzene rings is 8. The van der Waals surface area contributed by atoms with Gasteiger partial charge in [-0.3, -0.25) is 0 Å². The molecule has 2 heteroatoms. The molecule has 0 aliphatic rings. The quantitative estimate of drug-likeness (QED) is 0.185. The Bertz CT molecular complexity index is 2560. The van der Waals surface area contributed by atoms with Crippen LogP contribution in [0.1, 0.15) is 0 Å². The Kier molecular flexibility index (Phi) is 6.84. The molecule has 9 rings (SSSR count). The number of para-hydroxylation sites is 2. The molecule has 0 aliphatic heterocycles. The van der Waals surface area contributed by atoms with E-state index in [2.05, 4.69) is 181 Å². The predicted octanol–water partition coefficient (Wildman–Crippen LogP) is 13.2. The van der Waals surface area contributed by atoms with Crippen LogP contribution in [-0.4, -0.2) is 0 Å². The van der Waals surface area contributed by atoms with Gasteiger partial charge in [-0.15, -0.1) is 0 Å². The van der Waals surface area contributed by atoms with Gasteiger partial charge in [-0.25, -0.2) is 0 Å². The highest BCUT2D eigenvalue weighted by molar-refractivity contribution is 6.12. The summed E-state index contributed by atoms with van der Waals surface area (Å²) in [5.74, 6) is 0. The third-order valence-corrected chi connectivity index (χ3v) is 9.27. The zero-order valence-corrected chi connectivity index (χ0v) is 26.3. The second-order valence-electron chi connectivity index (χ2n) is 12.1. The lowest BCUT2D eigenvalue weighted by Gasteiger charge is -2.28. The summed E-state index contributed by atoms with van der Waals surface area (Å²) in [7, 11) is 0. The molecule has 2 nitrogen and oxygen atoms in total. The van der Waals surface area contributed by atoms with Crippen molar-refractivity contribution in [2.75, 3.05) is 4.90 Å². The Morgan fingerprint density at radius 2 is 0.958 bits per heavy atom. The van der Waals surface area contributed by atoms with Gasteiger partial charge in [0, 0.05) is 27.7 Å². The number of fused-ring (bicyclic) bond motifs is 4. The monoisotopic (exact) mass is 613 g/mol. The summed E-state index contributed by atoms with van der Waals surface area (Å²) in [5.41, 5.74) is 12.2. The van der Waals surface area contributed by atoms with E-state index >= 15 is 0 Å². The van der Waals surface area contributed by atoms with E-state index in [1.807, 2.05) is 12.1 Å². The van der Waals surface area contributed by atoms with Gasteiger partial charge in [-0.05, 0) is 81.1 Å². The van der Waals surface area contributed by atoms with Gasteiger partial charge < -0.3 is 9.32 Å². The lowest BCUT2D eigenvalue weighted by molar-refractivity contribution is 0.669. The SMILES string of the molecule is c1ccc(-c2ccccc2N(c2ccc(-c3cccc4ccccc34)cc2)c2cccc(-c3cccc4oc5ccccc5c34)c2)cc1. The van der Waals surface area contributed by atoms with E-state index in [-0.39, 0.29) is 0 Å². The van der Waals surface area contributed by atoms with E-state index < -0.39 is 0 Å². The molecule has 226 valence electrons. The largest absolute Gasteiger partial charge is 0.456 e. The molecule has 0 N–H and O–H groups in total. The highest BCUT2D eigenvalue weighted by Gasteiger charge is 2.19. The van der Waals surface area contributed by atoms with Gasteiger partial charge in [0.2, 0.25) is 0 Å². The first-order chi connectivity index (χ1) is 23.8. The van der Waals surface area contributed by atoms with Crippen LogP contribution in [0.5, 0.6) is 0 Å². The first kappa shape index (κ1) is 27.9. The molecule has 0 amide bonds. The minimum Gasteiger partial charge on any atom is -0.456 e. The second kappa shape index (κ2) is 11.8. The zero-order valence-electron chi connectivity index (χ0n) is 26.3. The molecule has 0 radical (unpaired) electrons. The van der Waals surface area contributed by atoms with Crippen molar-refractivity contribution in [3.8, 4) is 33.4 Å². The van der Waals surface area contributed by atoms with Crippen molar-refractivity contribution in [3.63, 3.8) is 0 Å². The number of rotatable bonds is 6. The summed E-state index contributed by atoms with van der Waals surface area (Å²) in [6.07, 6.45) is 0. The normalized spacial score (nSPS) is 11.3. The van der Waals surface area contributed by atoms with Crippen molar-refractivity contribution >= 4 is 49.8 Å². The van der Waals surface area contributed by atoms with Crippen LogP contribution < -0.4 is 4.90 Å². The fourth-order valence-corrected chi connectivity index (χ4v) is 7.05. The molecular formula is C46H31NO. The smallest absolute Gasteiger partial charge is 0.136 e. The molecule has 8 aromatic carbocycles.